The molecule has 5 heteroatoms. The zero-order valence-electron chi connectivity index (χ0n) is 9.39. The van der Waals surface area contributed by atoms with Crippen LogP contribution in [0.4, 0.5) is 8.78 Å². The van der Waals surface area contributed by atoms with Gasteiger partial charge in [0, 0.05) is 12.8 Å². The molecule has 0 aromatic rings. The van der Waals surface area contributed by atoms with E-state index in [9.17, 15) is 18.7 Å². The normalized spacial score (nSPS) is 32.3. The minimum atomic E-state index is -2.94. The van der Waals surface area contributed by atoms with E-state index >= 15 is 0 Å². The second kappa shape index (κ2) is 2.75. The summed E-state index contributed by atoms with van der Waals surface area (Å²) in [5.41, 5.74) is -3.24. The second-order valence-electron chi connectivity index (χ2n) is 6.15. The Hall–Kier alpha value is -0.710. The topological polar surface area (TPSA) is 57.5 Å². The molecule has 0 unspecified atom stereocenters. The maximum atomic E-state index is 12.9. The van der Waals surface area contributed by atoms with Gasteiger partial charge < -0.3 is 10.2 Å². The average molecular weight is 234 g/mol. The van der Waals surface area contributed by atoms with Crippen molar-refractivity contribution in [3.8, 4) is 0 Å². The monoisotopic (exact) mass is 234 g/mol. The third-order valence-electron chi connectivity index (χ3n) is 3.96. The summed E-state index contributed by atoms with van der Waals surface area (Å²) in [6.45, 7) is 3.79. The summed E-state index contributed by atoms with van der Waals surface area (Å²) in [6, 6.07) is 0. The van der Waals surface area contributed by atoms with Gasteiger partial charge in [-0.1, -0.05) is 13.8 Å². The molecule has 0 amide bonds. The molecule has 0 atom stereocenters. The fourth-order valence-corrected chi connectivity index (χ4v) is 3.38. The molecule has 2 saturated carbocycles. The number of alkyl halides is 2. The molecule has 3 nitrogen and oxygen atoms in total. The number of aliphatic carboxylic acids is 1. The summed E-state index contributed by atoms with van der Waals surface area (Å²) in [5, 5.41) is 19.3. The first-order valence-corrected chi connectivity index (χ1v) is 5.36. The molecule has 0 heterocycles. The molecule has 92 valence electrons. The van der Waals surface area contributed by atoms with Gasteiger partial charge in [0.2, 0.25) is 0 Å². The van der Waals surface area contributed by atoms with Gasteiger partial charge in [0.25, 0.3) is 5.92 Å². The van der Waals surface area contributed by atoms with Crippen LogP contribution in [0.5, 0.6) is 0 Å². The van der Waals surface area contributed by atoms with Gasteiger partial charge in [0.05, 0.1) is 5.60 Å². The maximum absolute atomic E-state index is 12.9. The van der Waals surface area contributed by atoms with Crippen molar-refractivity contribution in [2.75, 3.05) is 0 Å². The van der Waals surface area contributed by atoms with Crippen LogP contribution in [-0.4, -0.2) is 27.7 Å². The Kier molecular flexibility index (Phi) is 2.02. The molecule has 2 rings (SSSR count). The standard InChI is InChI=1S/C11H16F2O3/c1-8(2)3-10(16,4-8)9(7(14)15)5-11(12,13)6-9/h16H,3-6H2,1-2H3,(H,14,15). The van der Waals surface area contributed by atoms with Gasteiger partial charge in [-0.05, 0) is 18.3 Å². The zero-order valence-corrected chi connectivity index (χ0v) is 9.39. The SMILES string of the molecule is CC1(C)CC(O)(C2(C(=O)O)CC(F)(F)C2)C1. The lowest BCUT2D eigenvalue weighted by atomic mass is 9.45. The number of aliphatic hydroxyl groups is 1. The van der Waals surface area contributed by atoms with Crippen LogP contribution in [-0.2, 0) is 4.79 Å². The first-order valence-electron chi connectivity index (χ1n) is 5.36. The molecule has 2 aliphatic rings. The van der Waals surface area contributed by atoms with Gasteiger partial charge in [0.15, 0.2) is 0 Å². The Morgan fingerprint density at radius 2 is 1.56 bits per heavy atom. The molecule has 0 aromatic heterocycles. The van der Waals surface area contributed by atoms with E-state index < -0.39 is 35.7 Å². The van der Waals surface area contributed by atoms with Crippen LogP contribution in [0.15, 0.2) is 0 Å². The number of hydrogen-bond acceptors (Lipinski definition) is 2. The minimum absolute atomic E-state index is 0.151. The van der Waals surface area contributed by atoms with Gasteiger partial charge in [-0.15, -0.1) is 0 Å². The minimum Gasteiger partial charge on any atom is -0.481 e. The maximum Gasteiger partial charge on any atom is 0.313 e. The molecule has 0 bridgehead atoms. The predicted molar refractivity (Wildman–Crippen MR) is 52.2 cm³/mol. The highest BCUT2D eigenvalue weighted by atomic mass is 19.3. The van der Waals surface area contributed by atoms with Crippen LogP contribution < -0.4 is 0 Å². The van der Waals surface area contributed by atoms with Crippen molar-refractivity contribution >= 4 is 5.97 Å². The van der Waals surface area contributed by atoms with E-state index in [0.29, 0.717) is 0 Å². The van der Waals surface area contributed by atoms with Gasteiger partial charge in [-0.25, -0.2) is 8.78 Å². The Balaban J connectivity index is 2.21. The summed E-state index contributed by atoms with van der Waals surface area (Å²) in [7, 11) is 0. The van der Waals surface area contributed by atoms with Crippen molar-refractivity contribution in [1.29, 1.82) is 0 Å². The molecule has 0 spiro atoms. The molecule has 2 fully saturated rings. The van der Waals surface area contributed by atoms with Crippen LogP contribution in [0, 0.1) is 10.8 Å². The third-order valence-corrected chi connectivity index (χ3v) is 3.96. The van der Waals surface area contributed by atoms with Crippen LogP contribution in [0.1, 0.15) is 39.5 Å². The largest absolute Gasteiger partial charge is 0.481 e. The predicted octanol–water partition coefficient (Wildman–Crippen LogP) is 2.04. The number of carboxylic acids is 1. The van der Waals surface area contributed by atoms with Gasteiger partial charge in [0.1, 0.15) is 5.41 Å². The number of carbonyl (C=O) groups is 1. The molecule has 16 heavy (non-hydrogen) atoms. The highest BCUT2D eigenvalue weighted by Gasteiger charge is 2.74. The van der Waals surface area contributed by atoms with E-state index in [4.69, 9.17) is 5.11 Å². The highest BCUT2D eigenvalue weighted by Crippen LogP contribution is 2.66. The van der Waals surface area contributed by atoms with Gasteiger partial charge in [-0.3, -0.25) is 4.79 Å². The Morgan fingerprint density at radius 3 is 1.81 bits per heavy atom. The Morgan fingerprint density at radius 1 is 1.12 bits per heavy atom. The Labute approximate surface area is 92.5 Å². The van der Waals surface area contributed by atoms with Crippen LogP contribution in [0.25, 0.3) is 0 Å². The van der Waals surface area contributed by atoms with E-state index in [0.717, 1.165) is 0 Å². The van der Waals surface area contributed by atoms with Crippen molar-refractivity contribution in [1.82, 2.24) is 0 Å². The highest BCUT2D eigenvalue weighted by molar-refractivity contribution is 5.78. The third kappa shape index (κ3) is 1.37. The Bertz CT molecular complexity index is 333. The van der Waals surface area contributed by atoms with E-state index in [-0.39, 0.29) is 18.3 Å². The number of hydrogen-bond donors (Lipinski definition) is 2. The molecule has 0 saturated heterocycles. The van der Waals surface area contributed by atoms with E-state index in [2.05, 4.69) is 0 Å². The fraction of sp³-hybridized carbons (Fsp3) is 0.909. The van der Waals surface area contributed by atoms with Crippen LogP contribution >= 0.6 is 0 Å². The first kappa shape index (κ1) is 11.8. The lowest BCUT2D eigenvalue weighted by molar-refractivity contribution is -0.281. The second-order valence-corrected chi connectivity index (χ2v) is 6.15. The van der Waals surface area contributed by atoms with E-state index in [1.54, 1.807) is 0 Å². The van der Waals surface area contributed by atoms with Crippen LogP contribution in [0.3, 0.4) is 0 Å². The van der Waals surface area contributed by atoms with Crippen molar-refractivity contribution in [2.24, 2.45) is 10.8 Å². The molecule has 0 aliphatic heterocycles. The summed E-state index contributed by atoms with van der Waals surface area (Å²) in [5.74, 6) is -4.23. The smallest absolute Gasteiger partial charge is 0.313 e. The van der Waals surface area contributed by atoms with Crippen molar-refractivity contribution < 1.29 is 23.8 Å². The summed E-state index contributed by atoms with van der Waals surface area (Å²) < 4.78 is 25.8. The quantitative estimate of drug-likeness (QED) is 0.768. The fourth-order valence-electron chi connectivity index (χ4n) is 3.38. The zero-order chi connectivity index (χ0) is 12.4. The summed E-state index contributed by atoms with van der Waals surface area (Å²) >= 11 is 0. The lowest BCUT2D eigenvalue weighted by Gasteiger charge is -2.62. The molecular weight excluding hydrogens is 218 g/mol. The van der Waals surface area contributed by atoms with Crippen molar-refractivity contribution in [3.05, 3.63) is 0 Å². The first-order chi connectivity index (χ1) is 7.02. The van der Waals surface area contributed by atoms with Crippen molar-refractivity contribution in [3.63, 3.8) is 0 Å². The molecular formula is C11H16F2O3. The molecule has 2 aliphatic carbocycles. The van der Waals surface area contributed by atoms with Gasteiger partial charge in [-0.2, -0.15) is 0 Å². The molecule has 2 N–H and O–H groups in total. The average Bonchev–Trinajstić information content (AvgIpc) is 1.94. The molecule has 0 radical (unpaired) electrons. The van der Waals surface area contributed by atoms with E-state index in [1.165, 1.54) is 0 Å². The summed E-state index contributed by atoms with van der Waals surface area (Å²) in [6.07, 6.45) is -0.908. The van der Waals surface area contributed by atoms with Crippen LogP contribution in [0.2, 0.25) is 0 Å². The number of carboxylic acid groups (broad SMARTS) is 1. The summed E-state index contributed by atoms with van der Waals surface area (Å²) in [4.78, 5) is 11.1. The number of rotatable bonds is 2. The van der Waals surface area contributed by atoms with E-state index in [1.807, 2.05) is 13.8 Å². The molecule has 0 aromatic carbocycles. The van der Waals surface area contributed by atoms with Crippen molar-refractivity contribution in [2.45, 2.75) is 51.1 Å². The lowest BCUT2D eigenvalue weighted by Crippen LogP contribution is -2.70. The van der Waals surface area contributed by atoms with Gasteiger partial charge >= 0.3 is 5.97 Å². The number of halogens is 2.